The monoisotopic (exact) mass is 197 g/mol. The molecular formula is C10H7N5. The lowest BCUT2D eigenvalue weighted by molar-refractivity contribution is 0.731. The molecule has 3 rings (SSSR count). The number of benzene rings is 1. The minimum absolute atomic E-state index is 0.802. The molecule has 1 aromatic carbocycles. The van der Waals surface area contributed by atoms with Crippen LogP contribution in [0.25, 0.3) is 16.8 Å². The molecule has 0 unspecified atom stereocenters. The Morgan fingerprint density at radius 1 is 1.07 bits per heavy atom. The van der Waals surface area contributed by atoms with Crippen LogP contribution >= 0.6 is 0 Å². The van der Waals surface area contributed by atoms with Crippen molar-refractivity contribution in [1.82, 2.24) is 25.0 Å². The zero-order valence-corrected chi connectivity index (χ0v) is 7.78. The van der Waals surface area contributed by atoms with Crippen molar-refractivity contribution in [3.05, 3.63) is 42.9 Å². The van der Waals surface area contributed by atoms with E-state index < -0.39 is 0 Å². The van der Waals surface area contributed by atoms with Crippen LogP contribution in [0.3, 0.4) is 0 Å². The fourth-order valence-corrected chi connectivity index (χ4v) is 1.46. The van der Waals surface area contributed by atoms with Crippen LogP contribution in [0, 0.1) is 0 Å². The quantitative estimate of drug-likeness (QED) is 0.588. The smallest absolute Gasteiger partial charge is 0.138 e. The van der Waals surface area contributed by atoms with Crippen LogP contribution in [0.4, 0.5) is 0 Å². The third-order valence-electron chi connectivity index (χ3n) is 2.16. The van der Waals surface area contributed by atoms with Gasteiger partial charge in [-0.2, -0.15) is 0 Å². The first kappa shape index (κ1) is 8.05. The van der Waals surface area contributed by atoms with E-state index in [1.165, 1.54) is 11.0 Å². The second-order valence-electron chi connectivity index (χ2n) is 3.09. The van der Waals surface area contributed by atoms with E-state index in [0.717, 1.165) is 16.8 Å². The average Bonchev–Trinajstić information content (AvgIpc) is 2.74. The molecule has 72 valence electrons. The fourth-order valence-electron chi connectivity index (χ4n) is 1.46. The van der Waals surface area contributed by atoms with Gasteiger partial charge in [0.15, 0.2) is 0 Å². The van der Waals surface area contributed by atoms with Crippen molar-refractivity contribution >= 4 is 5.52 Å². The number of aromatic nitrogens is 5. The van der Waals surface area contributed by atoms with Crippen molar-refractivity contribution in [1.29, 1.82) is 0 Å². The van der Waals surface area contributed by atoms with Crippen molar-refractivity contribution < 1.29 is 0 Å². The lowest BCUT2D eigenvalue weighted by atomic mass is 10.1. The van der Waals surface area contributed by atoms with E-state index in [1.807, 2.05) is 30.3 Å². The van der Waals surface area contributed by atoms with E-state index in [9.17, 15) is 0 Å². The van der Waals surface area contributed by atoms with Gasteiger partial charge in [0, 0.05) is 5.56 Å². The van der Waals surface area contributed by atoms with E-state index in [4.69, 9.17) is 0 Å². The Hall–Kier alpha value is -2.30. The van der Waals surface area contributed by atoms with Gasteiger partial charge in [-0.05, 0) is 5.21 Å². The van der Waals surface area contributed by atoms with Gasteiger partial charge in [-0.25, -0.2) is 4.98 Å². The van der Waals surface area contributed by atoms with E-state index in [-0.39, 0.29) is 0 Å². The zero-order valence-electron chi connectivity index (χ0n) is 7.78. The summed E-state index contributed by atoms with van der Waals surface area (Å²) in [6, 6.07) is 9.86. The van der Waals surface area contributed by atoms with Crippen LogP contribution in [0.15, 0.2) is 42.9 Å². The lowest BCUT2D eigenvalue weighted by Gasteiger charge is -1.94. The molecule has 0 spiro atoms. The Labute approximate surface area is 85.4 Å². The van der Waals surface area contributed by atoms with E-state index >= 15 is 0 Å². The highest BCUT2D eigenvalue weighted by molar-refractivity contribution is 5.74. The molecule has 5 heteroatoms. The summed E-state index contributed by atoms with van der Waals surface area (Å²) >= 11 is 0. The van der Waals surface area contributed by atoms with Gasteiger partial charge in [0.05, 0.1) is 6.20 Å². The minimum Gasteiger partial charge on any atom is -0.240 e. The zero-order chi connectivity index (χ0) is 10.1. The molecule has 0 N–H and O–H groups in total. The van der Waals surface area contributed by atoms with Crippen molar-refractivity contribution in [2.75, 3.05) is 0 Å². The van der Waals surface area contributed by atoms with Crippen LogP contribution in [0.2, 0.25) is 0 Å². The Bertz CT molecular complexity index is 587. The highest BCUT2D eigenvalue weighted by Gasteiger charge is 2.07. The second kappa shape index (κ2) is 3.13. The predicted molar refractivity (Wildman–Crippen MR) is 54.0 cm³/mol. The molecule has 0 saturated heterocycles. The van der Waals surface area contributed by atoms with Crippen LogP contribution in [0.1, 0.15) is 0 Å². The number of hydrogen-bond donors (Lipinski definition) is 0. The molecule has 2 heterocycles. The third kappa shape index (κ3) is 1.25. The third-order valence-corrected chi connectivity index (χ3v) is 2.16. The van der Waals surface area contributed by atoms with Crippen LogP contribution < -0.4 is 0 Å². The van der Waals surface area contributed by atoms with Crippen LogP contribution in [-0.4, -0.2) is 25.0 Å². The molecule has 5 nitrogen and oxygen atoms in total. The molecule has 0 aliphatic rings. The number of fused-ring (bicyclic) bond motifs is 1. The van der Waals surface area contributed by atoms with Gasteiger partial charge < -0.3 is 0 Å². The van der Waals surface area contributed by atoms with Gasteiger partial charge in [-0.1, -0.05) is 30.3 Å². The normalized spacial score (nSPS) is 10.7. The van der Waals surface area contributed by atoms with Gasteiger partial charge in [-0.15, -0.1) is 14.8 Å². The number of hydrogen-bond acceptors (Lipinski definition) is 4. The first-order chi connectivity index (χ1) is 7.45. The maximum Gasteiger partial charge on any atom is 0.138 e. The van der Waals surface area contributed by atoms with Crippen molar-refractivity contribution in [2.45, 2.75) is 0 Å². The maximum absolute atomic E-state index is 4.08. The summed E-state index contributed by atoms with van der Waals surface area (Å²) in [5.74, 6) is 0. The molecule has 0 aliphatic heterocycles. The predicted octanol–water partition coefficient (Wildman–Crippen LogP) is 1.19. The topological polar surface area (TPSA) is 56.0 Å². The highest BCUT2D eigenvalue weighted by atomic mass is 15.5. The molecule has 0 aliphatic carbocycles. The number of nitrogens with zero attached hydrogens (tertiary/aromatic N) is 5. The average molecular weight is 197 g/mol. The molecule has 0 fully saturated rings. The number of rotatable bonds is 1. The molecule has 0 bridgehead atoms. The van der Waals surface area contributed by atoms with Gasteiger partial charge in [0.2, 0.25) is 0 Å². The molecule has 2 aromatic heterocycles. The van der Waals surface area contributed by atoms with Gasteiger partial charge in [0.1, 0.15) is 17.5 Å². The summed E-state index contributed by atoms with van der Waals surface area (Å²) in [6.45, 7) is 0. The van der Waals surface area contributed by atoms with Crippen molar-refractivity contribution in [3.8, 4) is 11.3 Å². The van der Waals surface area contributed by atoms with Crippen molar-refractivity contribution in [3.63, 3.8) is 0 Å². The van der Waals surface area contributed by atoms with E-state index in [0.29, 0.717) is 0 Å². The maximum atomic E-state index is 4.08. The summed E-state index contributed by atoms with van der Waals surface area (Å²) in [4.78, 5) is 3.96. The summed E-state index contributed by atoms with van der Waals surface area (Å²) < 4.78 is 1.47. The van der Waals surface area contributed by atoms with Gasteiger partial charge in [-0.3, -0.25) is 0 Å². The Morgan fingerprint density at radius 2 is 1.93 bits per heavy atom. The van der Waals surface area contributed by atoms with Crippen molar-refractivity contribution in [2.24, 2.45) is 0 Å². The van der Waals surface area contributed by atoms with Crippen LogP contribution in [0.5, 0.6) is 0 Å². The standard InChI is InChI=1S/C10H7N5/c1-2-4-8(5-3-1)10-9-6-11-7-12-15(9)14-13-10/h1-7H. The Balaban J connectivity index is 2.28. The summed E-state index contributed by atoms with van der Waals surface area (Å²) in [6.07, 6.45) is 3.14. The van der Waals surface area contributed by atoms with Crippen LogP contribution in [-0.2, 0) is 0 Å². The van der Waals surface area contributed by atoms with E-state index in [1.54, 1.807) is 6.20 Å². The second-order valence-corrected chi connectivity index (χ2v) is 3.09. The van der Waals surface area contributed by atoms with E-state index in [2.05, 4.69) is 20.4 Å². The highest BCUT2D eigenvalue weighted by Crippen LogP contribution is 2.19. The Kier molecular flexibility index (Phi) is 1.68. The minimum atomic E-state index is 0.802. The Morgan fingerprint density at radius 3 is 2.80 bits per heavy atom. The molecule has 0 saturated carbocycles. The summed E-state index contributed by atoms with van der Waals surface area (Å²) in [7, 11) is 0. The van der Waals surface area contributed by atoms with Gasteiger partial charge in [0.25, 0.3) is 0 Å². The molecule has 3 aromatic rings. The summed E-state index contributed by atoms with van der Waals surface area (Å²) in [5, 5.41) is 11.9. The van der Waals surface area contributed by atoms with Gasteiger partial charge >= 0.3 is 0 Å². The molecule has 15 heavy (non-hydrogen) atoms. The molecule has 0 amide bonds. The molecule has 0 radical (unpaired) electrons. The summed E-state index contributed by atoms with van der Waals surface area (Å²) in [5.41, 5.74) is 2.63. The lowest BCUT2D eigenvalue weighted by Crippen LogP contribution is -1.92. The first-order valence-electron chi connectivity index (χ1n) is 4.52. The molecular weight excluding hydrogens is 190 g/mol. The molecule has 0 atom stereocenters. The SMILES string of the molecule is c1ccc(-c2nnn3ncncc23)cc1. The fraction of sp³-hybridized carbons (Fsp3) is 0. The first-order valence-corrected chi connectivity index (χ1v) is 4.52. The largest absolute Gasteiger partial charge is 0.240 e.